The van der Waals surface area contributed by atoms with Crippen molar-refractivity contribution in [2.24, 2.45) is 0 Å². The van der Waals surface area contributed by atoms with Crippen LogP contribution in [0.2, 0.25) is 78.6 Å². The molecule has 0 saturated heterocycles. The van der Waals surface area contributed by atoms with Crippen LogP contribution in [-0.4, -0.2) is 66.9 Å². The molecule has 0 saturated carbocycles. The van der Waals surface area contributed by atoms with Crippen LogP contribution in [0, 0.1) is 47.1 Å². The molecule has 1 heterocycles. The van der Waals surface area contributed by atoms with Crippen LogP contribution in [0.4, 0.5) is 0 Å². The predicted molar refractivity (Wildman–Crippen MR) is 170 cm³/mol. The second kappa shape index (κ2) is 15.9. The van der Waals surface area contributed by atoms with Crippen LogP contribution in [0.15, 0.2) is 12.4 Å². The Kier molecular flexibility index (Phi) is 18.6. The van der Waals surface area contributed by atoms with Crippen molar-refractivity contribution in [3.63, 3.8) is 0 Å². The summed E-state index contributed by atoms with van der Waals surface area (Å²) in [6, 6.07) is 0. The monoisotopic (exact) mass is 695 g/mol. The summed E-state index contributed by atoms with van der Waals surface area (Å²) in [5.41, 5.74) is 0.236. The average molecular weight is 695 g/mol. The third kappa shape index (κ3) is 31.5. The molecule has 0 bridgehead atoms. The SMILES string of the molecule is CC(C)(C)[N-]CCN1C=CN(C(C)(C)C)[CH-]1.C[Si](C)(C)[N-][Si](C)(C)C.C[Si](C)(C)[N-][Si](C)(C)C.[Sm]. The van der Waals surface area contributed by atoms with Gasteiger partial charge in [-0.05, 0) is 39.7 Å². The molecule has 0 amide bonds. The van der Waals surface area contributed by atoms with Gasteiger partial charge >= 0.3 is 0 Å². The second-order valence-corrected chi connectivity index (χ2v) is 34.3. The van der Waals surface area contributed by atoms with E-state index in [-0.39, 0.29) is 51.5 Å². The van der Waals surface area contributed by atoms with Crippen LogP contribution in [0.3, 0.4) is 0 Å². The quantitative estimate of drug-likeness (QED) is 0.197. The molecule has 0 fully saturated rings. The number of rotatable bonds is 7. The summed E-state index contributed by atoms with van der Waals surface area (Å²) in [6.45, 7) is 44.6. The van der Waals surface area contributed by atoms with Gasteiger partial charge in [0.2, 0.25) is 0 Å². The topological polar surface area (TPSA) is 48.8 Å². The van der Waals surface area contributed by atoms with Gasteiger partial charge in [0.15, 0.2) is 0 Å². The van der Waals surface area contributed by atoms with E-state index in [9.17, 15) is 0 Å². The Balaban J connectivity index is -0.000000466. The predicted octanol–water partition coefficient (Wildman–Crippen LogP) is 9.22. The summed E-state index contributed by atoms with van der Waals surface area (Å²) in [7, 11) is -4.42. The van der Waals surface area contributed by atoms with Gasteiger partial charge in [-0.1, -0.05) is 132 Å². The van der Waals surface area contributed by atoms with Gasteiger partial charge in [-0.2, -0.15) is 6.67 Å². The third-order valence-corrected chi connectivity index (χ3v) is 14.5. The minimum absolute atomic E-state index is 0. The minimum Gasteiger partial charge on any atom is -0.668 e. The van der Waals surface area contributed by atoms with Crippen LogP contribution in [0.1, 0.15) is 41.5 Å². The molecule has 5 nitrogen and oxygen atoms in total. The first-order valence-electron chi connectivity index (χ1n) is 12.8. The molecule has 212 valence electrons. The molecule has 10 heteroatoms. The summed E-state index contributed by atoms with van der Waals surface area (Å²) in [5.74, 6) is 0. The first kappa shape index (κ1) is 40.9. The van der Waals surface area contributed by atoms with Crippen LogP contribution in [-0.2, 0) is 0 Å². The van der Waals surface area contributed by atoms with Crippen LogP contribution in [0.5, 0.6) is 0 Å². The van der Waals surface area contributed by atoms with E-state index in [0.29, 0.717) is 0 Å². The maximum atomic E-state index is 4.82. The van der Waals surface area contributed by atoms with E-state index in [1.807, 2.05) is 0 Å². The Morgan fingerprint density at radius 2 is 0.971 bits per heavy atom. The van der Waals surface area contributed by atoms with Crippen molar-refractivity contribution < 1.29 is 40.4 Å². The van der Waals surface area contributed by atoms with E-state index in [1.54, 1.807) is 0 Å². The minimum atomic E-state index is -1.11. The van der Waals surface area contributed by atoms with Gasteiger partial charge in [0.1, 0.15) is 0 Å². The van der Waals surface area contributed by atoms with Gasteiger partial charge in [-0.25, -0.2) is 0 Å². The molecule has 0 unspecified atom stereocenters. The molecular formula is C25H61N5Si4Sm-4. The summed E-state index contributed by atoms with van der Waals surface area (Å²) in [6.07, 6.45) is 4.24. The molecule has 35 heavy (non-hydrogen) atoms. The van der Waals surface area contributed by atoms with E-state index < -0.39 is 32.9 Å². The maximum absolute atomic E-state index is 4.82. The molecule has 0 spiro atoms. The summed E-state index contributed by atoms with van der Waals surface area (Å²) < 4.78 is 9.64. The van der Waals surface area contributed by atoms with E-state index in [4.69, 9.17) is 9.30 Å². The van der Waals surface area contributed by atoms with Crippen molar-refractivity contribution in [1.82, 2.24) is 9.80 Å². The molecule has 0 N–H and O–H groups in total. The van der Waals surface area contributed by atoms with Gasteiger partial charge < -0.3 is 24.4 Å². The molecule has 0 aromatic heterocycles. The smallest absolute Gasteiger partial charge is 0.00415 e. The normalized spacial score (nSPS) is 15.1. The molecule has 1 rings (SSSR count). The van der Waals surface area contributed by atoms with Gasteiger partial charge in [0.25, 0.3) is 0 Å². The Morgan fingerprint density at radius 3 is 1.17 bits per heavy atom. The zero-order valence-corrected chi connectivity index (χ0v) is 33.4. The summed E-state index contributed by atoms with van der Waals surface area (Å²) >= 11 is 0. The van der Waals surface area contributed by atoms with Crippen LogP contribution < -0.4 is 0 Å². The first-order valence-corrected chi connectivity index (χ1v) is 26.6. The van der Waals surface area contributed by atoms with E-state index >= 15 is 0 Å². The molecular weight excluding hydrogens is 633 g/mol. The van der Waals surface area contributed by atoms with Gasteiger partial charge in [-0.15, -0.1) is 12.1 Å². The number of hydrogen-bond acceptors (Lipinski definition) is 2. The van der Waals surface area contributed by atoms with Crippen molar-refractivity contribution in [3.8, 4) is 0 Å². The average Bonchev–Trinajstić information content (AvgIpc) is 2.87. The fraction of sp³-hybridized carbons (Fsp3) is 0.880. The molecule has 0 aromatic rings. The van der Waals surface area contributed by atoms with Crippen molar-refractivity contribution in [2.45, 2.75) is 131 Å². The standard InChI is InChI=1S/C13H25N3.2C6H18NSi2.Sm/c1-12(2,3)14-7-8-15-9-10-16(11-15)13(4,5)6;2*1-8(2,3)7-9(4,5)6;/h9-11H,7-8H2,1-6H3;2*1-6H3;/q-2;2*-1;. The molecule has 1 aliphatic heterocycles. The second-order valence-electron chi connectivity index (χ2n) is 15.2. The Bertz CT molecular complexity index is 540. The van der Waals surface area contributed by atoms with Crippen molar-refractivity contribution in [3.05, 3.63) is 33.7 Å². The van der Waals surface area contributed by atoms with E-state index in [0.717, 1.165) is 13.1 Å². The molecule has 0 aliphatic carbocycles. The largest absolute Gasteiger partial charge is 0.668 e. The zero-order chi connectivity index (χ0) is 27.8. The van der Waals surface area contributed by atoms with E-state index in [1.165, 1.54) is 0 Å². The van der Waals surface area contributed by atoms with Crippen molar-refractivity contribution in [1.29, 1.82) is 0 Å². The number of nitrogens with zero attached hydrogens (tertiary/aromatic N) is 5. The number of hydrogen-bond donors (Lipinski definition) is 0. The zero-order valence-electron chi connectivity index (χ0n) is 26.8. The van der Waals surface area contributed by atoms with Gasteiger partial charge in [-0.3, -0.25) is 0 Å². The molecule has 0 atom stereocenters. The Morgan fingerprint density at radius 1 is 0.629 bits per heavy atom. The fourth-order valence-corrected chi connectivity index (χ4v) is 19.5. The molecule has 0 radical (unpaired) electrons. The fourth-order valence-electron chi connectivity index (χ4n) is 3.44. The van der Waals surface area contributed by atoms with Crippen molar-refractivity contribution in [2.75, 3.05) is 13.1 Å². The van der Waals surface area contributed by atoms with Gasteiger partial charge in [0, 0.05) is 45.9 Å². The third-order valence-electron chi connectivity index (χ3n) is 3.75. The molecule has 1 aliphatic rings. The first-order chi connectivity index (χ1) is 14.6. The van der Waals surface area contributed by atoms with Crippen LogP contribution in [0.25, 0.3) is 14.6 Å². The Labute approximate surface area is 258 Å². The Hall–Kier alpha value is 1.43. The van der Waals surface area contributed by atoms with Crippen molar-refractivity contribution >= 4 is 32.9 Å². The van der Waals surface area contributed by atoms with Gasteiger partial charge in [0.05, 0.1) is 0 Å². The maximum Gasteiger partial charge on any atom is 0.00415 e. The van der Waals surface area contributed by atoms with E-state index in [2.05, 4.69) is 154 Å². The van der Waals surface area contributed by atoms with Crippen LogP contribution >= 0.6 is 0 Å². The molecule has 0 aromatic carbocycles. The summed E-state index contributed by atoms with van der Waals surface area (Å²) in [5, 5.41) is 4.59. The summed E-state index contributed by atoms with van der Waals surface area (Å²) in [4.78, 5) is 4.42.